The van der Waals surface area contributed by atoms with Crippen molar-refractivity contribution in [3.8, 4) is 0 Å². The fourth-order valence-electron chi connectivity index (χ4n) is 1.57. The quantitative estimate of drug-likeness (QED) is 0.868. The molecular formula is C12H18N2O4S2. The topological polar surface area (TPSA) is 92.7 Å². The third-order valence-corrected chi connectivity index (χ3v) is 4.52. The van der Waals surface area contributed by atoms with Crippen molar-refractivity contribution in [3.05, 3.63) is 29.8 Å². The van der Waals surface area contributed by atoms with E-state index in [0.717, 1.165) is 0 Å². The first kappa shape index (κ1) is 16.8. The number of benzene rings is 1. The van der Waals surface area contributed by atoms with E-state index >= 15 is 0 Å². The molecule has 0 saturated carbocycles. The van der Waals surface area contributed by atoms with Gasteiger partial charge in [0.15, 0.2) is 0 Å². The number of rotatable bonds is 5. The van der Waals surface area contributed by atoms with Crippen molar-refractivity contribution >= 4 is 25.7 Å². The Morgan fingerprint density at radius 1 is 1.20 bits per heavy atom. The molecule has 0 heterocycles. The van der Waals surface area contributed by atoms with Crippen LogP contribution in [0.1, 0.15) is 12.5 Å². The zero-order chi connectivity index (χ0) is 15.4. The summed E-state index contributed by atoms with van der Waals surface area (Å²) in [4.78, 5) is 11.6. The molecule has 0 aromatic heterocycles. The van der Waals surface area contributed by atoms with Gasteiger partial charge in [-0.25, -0.2) is 17.3 Å². The van der Waals surface area contributed by atoms with Crippen molar-refractivity contribution < 1.29 is 17.4 Å². The van der Waals surface area contributed by atoms with E-state index in [4.69, 9.17) is 0 Å². The maximum Gasteiger partial charge on any atom is 0.268 e. The van der Waals surface area contributed by atoms with E-state index in [9.17, 15) is 17.4 Å². The molecule has 20 heavy (non-hydrogen) atoms. The summed E-state index contributed by atoms with van der Waals surface area (Å²) < 4.78 is 41.1. The van der Waals surface area contributed by atoms with Gasteiger partial charge in [-0.2, -0.15) is 4.36 Å². The molecule has 0 aliphatic carbocycles. The molecule has 0 radical (unpaired) electrons. The Hall–Kier alpha value is -1.25. The second kappa shape index (κ2) is 6.47. The molecule has 0 aliphatic heterocycles. The van der Waals surface area contributed by atoms with Gasteiger partial charge in [-0.1, -0.05) is 25.1 Å². The fourth-order valence-corrected chi connectivity index (χ4v) is 3.41. The molecule has 112 valence electrons. The Bertz CT molecular complexity index is 709. The fraction of sp³-hybridized carbons (Fsp3) is 0.417. The Balaban J connectivity index is 2.92. The van der Waals surface area contributed by atoms with Crippen LogP contribution < -0.4 is 4.72 Å². The normalized spacial score (nSPS) is 12.2. The predicted octanol–water partition coefficient (Wildman–Crippen LogP) is 0.782. The first-order valence-electron chi connectivity index (χ1n) is 5.93. The third kappa shape index (κ3) is 5.03. The average Bonchev–Trinajstić information content (AvgIpc) is 2.34. The van der Waals surface area contributed by atoms with E-state index in [1.165, 1.54) is 18.6 Å². The molecule has 0 aliphatic rings. The Morgan fingerprint density at radius 3 is 2.35 bits per heavy atom. The maximum atomic E-state index is 12.1. The molecule has 0 saturated heterocycles. The summed E-state index contributed by atoms with van der Waals surface area (Å²) in [6.45, 7) is 1.34. The van der Waals surface area contributed by atoms with E-state index in [-0.39, 0.29) is 4.90 Å². The van der Waals surface area contributed by atoms with Crippen molar-refractivity contribution in [2.24, 2.45) is 4.36 Å². The summed E-state index contributed by atoms with van der Waals surface area (Å²) in [7, 11) is -6.36. The lowest BCUT2D eigenvalue weighted by molar-refractivity contribution is -0.116. The molecule has 1 aromatic carbocycles. The molecule has 8 heteroatoms. The Labute approximate surface area is 119 Å². The van der Waals surface area contributed by atoms with Gasteiger partial charge < -0.3 is 0 Å². The lowest BCUT2D eigenvalue weighted by Crippen LogP contribution is -2.30. The molecule has 1 N–H and O–H groups in total. The molecule has 0 atom stereocenters. The van der Waals surface area contributed by atoms with Gasteiger partial charge >= 0.3 is 0 Å². The van der Waals surface area contributed by atoms with Crippen molar-refractivity contribution in [2.45, 2.75) is 18.2 Å². The van der Waals surface area contributed by atoms with Crippen LogP contribution in [0.5, 0.6) is 0 Å². The van der Waals surface area contributed by atoms with E-state index in [1.54, 1.807) is 18.2 Å². The zero-order valence-electron chi connectivity index (χ0n) is 11.6. The first-order valence-corrected chi connectivity index (χ1v) is 9.74. The van der Waals surface area contributed by atoms with E-state index in [1.807, 2.05) is 6.92 Å². The number of carbonyl (C=O) groups excluding carboxylic acids is 1. The van der Waals surface area contributed by atoms with Crippen LogP contribution >= 0.6 is 0 Å². The lowest BCUT2D eigenvalue weighted by Gasteiger charge is -2.09. The Morgan fingerprint density at radius 2 is 1.80 bits per heavy atom. The largest absolute Gasteiger partial charge is 0.270 e. The number of amides is 1. The smallest absolute Gasteiger partial charge is 0.268 e. The lowest BCUT2D eigenvalue weighted by atomic mass is 10.2. The number of sulfonamides is 1. The van der Waals surface area contributed by atoms with Crippen LogP contribution in [-0.2, 0) is 31.0 Å². The molecule has 0 spiro atoms. The van der Waals surface area contributed by atoms with Gasteiger partial charge in [0.1, 0.15) is 0 Å². The highest BCUT2D eigenvalue weighted by molar-refractivity contribution is 7.92. The van der Waals surface area contributed by atoms with Gasteiger partial charge in [0, 0.05) is 22.2 Å². The zero-order valence-corrected chi connectivity index (χ0v) is 13.3. The van der Waals surface area contributed by atoms with Crippen LogP contribution in [0.4, 0.5) is 0 Å². The second-order valence-electron chi connectivity index (χ2n) is 4.45. The highest BCUT2D eigenvalue weighted by Crippen LogP contribution is 2.15. The van der Waals surface area contributed by atoms with Gasteiger partial charge in [0.25, 0.3) is 5.91 Å². The minimum Gasteiger partial charge on any atom is -0.270 e. The first-order chi connectivity index (χ1) is 9.15. The van der Waals surface area contributed by atoms with E-state index in [0.29, 0.717) is 12.0 Å². The minimum atomic E-state index is -3.78. The van der Waals surface area contributed by atoms with Gasteiger partial charge in [0.05, 0.1) is 11.4 Å². The van der Waals surface area contributed by atoms with E-state index < -0.39 is 32.2 Å². The van der Waals surface area contributed by atoms with E-state index in [2.05, 4.69) is 9.08 Å². The number of aryl methyl sites for hydroxylation is 1. The average molecular weight is 318 g/mol. The standard InChI is InChI=1S/C12H18N2O4S2/c1-4-10-7-5-6-8-11(10)20(17,18)13-9-12(15)14-19(2,3)16/h5-8,13H,4,9H2,1-3H3. The van der Waals surface area contributed by atoms with Crippen LogP contribution in [0.3, 0.4) is 0 Å². The molecule has 6 nitrogen and oxygen atoms in total. The molecular weight excluding hydrogens is 300 g/mol. The molecule has 0 fully saturated rings. The maximum absolute atomic E-state index is 12.1. The molecule has 0 unspecified atom stereocenters. The van der Waals surface area contributed by atoms with Gasteiger partial charge in [-0.15, -0.1) is 0 Å². The minimum absolute atomic E-state index is 0.143. The summed E-state index contributed by atoms with van der Waals surface area (Å²) >= 11 is 0. The van der Waals surface area contributed by atoms with Crippen LogP contribution in [0.25, 0.3) is 0 Å². The monoisotopic (exact) mass is 318 g/mol. The van der Waals surface area contributed by atoms with Gasteiger partial charge in [-0.3, -0.25) is 4.79 Å². The summed E-state index contributed by atoms with van der Waals surface area (Å²) in [6, 6.07) is 6.56. The number of nitrogens with zero attached hydrogens (tertiary/aromatic N) is 1. The molecule has 1 rings (SSSR count). The number of nitrogens with one attached hydrogen (secondary N) is 1. The van der Waals surface area contributed by atoms with Crippen LogP contribution in [0, 0.1) is 0 Å². The molecule has 0 bridgehead atoms. The highest BCUT2D eigenvalue weighted by atomic mass is 32.2. The van der Waals surface area contributed by atoms with Gasteiger partial charge in [0.2, 0.25) is 10.0 Å². The predicted molar refractivity (Wildman–Crippen MR) is 78.4 cm³/mol. The SMILES string of the molecule is CCc1ccccc1S(=O)(=O)NCC(=O)N=S(C)(C)=O. The van der Waals surface area contributed by atoms with Crippen LogP contribution in [0.15, 0.2) is 33.5 Å². The van der Waals surface area contributed by atoms with Crippen LogP contribution in [0.2, 0.25) is 0 Å². The molecule has 1 amide bonds. The molecule has 1 aromatic rings. The van der Waals surface area contributed by atoms with Crippen molar-refractivity contribution in [3.63, 3.8) is 0 Å². The van der Waals surface area contributed by atoms with Crippen molar-refractivity contribution in [2.75, 3.05) is 19.1 Å². The number of carbonyl (C=O) groups is 1. The Kier molecular flexibility index (Phi) is 5.43. The third-order valence-electron chi connectivity index (χ3n) is 2.38. The summed E-state index contributed by atoms with van der Waals surface area (Å²) in [5, 5.41) is 0. The summed E-state index contributed by atoms with van der Waals surface area (Å²) in [5.41, 5.74) is 0.666. The van der Waals surface area contributed by atoms with Crippen molar-refractivity contribution in [1.82, 2.24) is 4.72 Å². The van der Waals surface area contributed by atoms with Crippen LogP contribution in [-0.4, -0.2) is 37.6 Å². The number of hydrogen-bond donors (Lipinski definition) is 1. The highest BCUT2D eigenvalue weighted by Gasteiger charge is 2.18. The number of hydrogen-bond acceptors (Lipinski definition) is 4. The van der Waals surface area contributed by atoms with Gasteiger partial charge in [-0.05, 0) is 18.1 Å². The van der Waals surface area contributed by atoms with Crippen molar-refractivity contribution in [1.29, 1.82) is 0 Å². The second-order valence-corrected chi connectivity index (χ2v) is 8.73. The summed E-state index contributed by atoms with van der Waals surface area (Å²) in [6.07, 6.45) is 3.19. The summed E-state index contributed by atoms with van der Waals surface area (Å²) in [5.74, 6) is -0.752.